The lowest BCUT2D eigenvalue weighted by Gasteiger charge is -2.24. The molecule has 3 heteroatoms. The van der Waals surface area contributed by atoms with E-state index < -0.39 is 0 Å². The summed E-state index contributed by atoms with van der Waals surface area (Å²) in [5, 5.41) is 2.13. The van der Waals surface area contributed by atoms with Crippen molar-refractivity contribution in [3.63, 3.8) is 0 Å². The maximum atomic E-state index is 12.0. The van der Waals surface area contributed by atoms with Crippen molar-refractivity contribution in [2.75, 3.05) is 13.6 Å². The Kier molecular flexibility index (Phi) is 6.15. The molecule has 21 heavy (non-hydrogen) atoms. The third kappa shape index (κ3) is 5.10. The van der Waals surface area contributed by atoms with Gasteiger partial charge in [-0.25, -0.2) is 0 Å². The van der Waals surface area contributed by atoms with Crippen molar-refractivity contribution in [3.05, 3.63) is 58.3 Å². The normalized spacial score (nSPS) is 12.5. The first-order chi connectivity index (χ1) is 10.2. The van der Waals surface area contributed by atoms with E-state index in [2.05, 4.69) is 36.4 Å². The molecule has 0 radical (unpaired) electrons. The number of benzene rings is 1. The van der Waals surface area contributed by atoms with Gasteiger partial charge in [0.1, 0.15) is 0 Å². The van der Waals surface area contributed by atoms with Crippen LogP contribution in [0.2, 0.25) is 0 Å². The Morgan fingerprint density at radius 2 is 1.95 bits per heavy atom. The molecule has 1 aromatic carbocycles. The second-order valence-corrected chi connectivity index (χ2v) is 6.54. The number of Topliss-reactive ketones (excluding diaryl/α,β-unsaturated/α-hetero) is 1. The van der Waals surface area contributed by atoms with E-state index in [1.165, 1.54) is 4.88 Å². The quantitative estimate of drug-likeness (QED) is 0.679. The fourth-order valence-electron chi connectivity index (χ4n) is 2.35. The minimum absolute atomic E-state index is 0.245. The third-order valence-corrected chi connectivity index (χ3v) is 4.74. The van der Waals surface area contributed by atoms with E-state index in [0.29, 0.717) is 12.5 Å². The van der Waals surface area contributed by atoms with Gasteiger partial charge in [0.25, 0.3) is 0 Å². The highest BCUT2D eigenvalue weighted by molar-refractivity contribution is 7.09. The summed E-state index contributed by atoms with van der Waals surface area (Å²) in [6.07, 6.45) is 2.62. The second kappa shape index (κ2) is 8.11. The molecule has 1 aromatic heterocycles. The minimum Gasteiger partial charge on any atom is -0.303 e. The molecule has 0 bridgehead atoms. The topological polar surface area (TPSA) is 20.3 Å². The van der Waals surface area contributed by atoms with Gasteiger partial charge in [0, 0.05) is 22.9 Å². The number of hydrogen-bond donors (Lipinski definition) is 0. The summed E-state index contributed by atoms with van der Waals surface area (Å²) in [4.78, 5) is 15.8. The minimum atomic E-state index is 0.245. The summed E-state index contributed by atoms with van der Waals surface area (Å²) in [6, 6.07) is 14.4. The van der Waals surface area contributed by atoms with Gasteiger partial charge < -0.3 is 4.90 Å². The number of nitrogens with zero attached hydrogens (tertiary/aromatic N) is 1. The van der Waals surface area contributed by atoms with Crippen molar-refractivity contribution < 1.29 is 4.79 Å². The van der Waals surface area contributed by atoms with Crippen LogP contribution >= 0.6 is 11.3 Å². The smallest absolute Gasteiger partial charge is 0.162 e. The Bertz CT molecular complexity index is 536. The van der Waals surface area contributed by atoms with Gasteiger partial charge in [-0.1, -0.05) is 36.4 Å². The van der Waals surface area contributed by atoms with E-state index in [4.69, 9.17) is 0 Å². The summed E-state index contributed by atoms with van der Waals surface area (Å²) < 4.78 is 0. The molecule has 0 aliphatic rings. The van der Waals surface area contributed by atoms with Gasteiger partial charge in [-0.05, 0) is 44.8 Å². The summed E-state index contributed by atoms with van der Waals surface area (Å²) >= 11 is 1.81. The fraction of sp³-hybridized carbons (Fsp3) is 0.389. The number of carbonyl (C=O) groups excluding carboxylic acids is 1. The number of ketones is 1. The van der Waals surface area contributed by atoms with Crippen LogP contribution < -0.4 is 0 Å². The van der Waals surface area contributed by atoms with Crippen molar-refractivity contribution in [1.82, 2.24) is 4.90 Å². The molecule has 112 valence electrons. The molecule has 0 spiro atoms. The molecule has 0 fully saturated rings. The van der Waals surface area contributed by atoms with Crippen molar-refractivity contribution in [3.8, 4) is 0 Å². The highest BCUT2D eigenvalue weighted by Gasteiger charge is 2.11. The van der Waals surface area contributed by atoms with Crippen molar-refractivity contribution in [1.29, 1.82) is 0 Å². The van der Waals surface area contributed by atoms with Crippen LogP contribution in [-0.2, 0) is 6.42 Å². The molecular weight excluding hydrogens is 278 g/mol. The molecule has 0 amide bonds. The van der Waals surface area contributed by atoms with E-state index in [9.17, 15) is 4.79 Å². The van der Waals surface area contributed by atoms with E-state index in [1.54, 1.807) is 0 Å². The zero-order chi connectivity index (χ0) is 15.1. The van der Waals surface area contributed by atoms with Gasteiger partial charge in [-0.3, -0.25) is 4.79 Å². The van der Waals surface area contributed by atoms with Crippen LogP contribution in [0.15, 0.2) is 47.8 Å². The molecule has 0 aliphatic heterocycles. The molecule has 1 heterocycles. The van der Waals surface area contributed by atoms with Gasteiger partial charge in [-0.2, -0.15) is 0 Å². The Hall–Kier alpha value is -1.45. The zero-order valence-electron chi connectivity index (χ0n) is 12.8. The maximum Gasteiger partial charge on any atom is 0.162 e. The molecule has 0 saturated heterocycles. The zero-order valence-corrected chi connectivity index (χ0v) is 13.6. The number of hydrogen-bond acceptors (Lipinski definition) is 3. The molecule has 2 nitrogen and oxygen atoms in total. The first kappa shape index (κ1) is 15.9. The molecule has 0 N–H and O–H groups in total. The van der Waals surface area contributed by atoms with Crippen LogP contribution in [0.4, 0.5) is 0 Å². The van der Waals surface area contributed by atoms with Crippen LogP contribution in [0, 0.1) is 0 Å². The Morgan fingerprint density at radius 1 is 1.19 bits per heavy atom. The Balaban J connectivity index is 1.71. The van der Waals surface area contributed by atoms with E-state index in [-0.39, 0.29) is 5.78 Å². The first-order valence-corrected chi connectivity index (χ1v) is 8.35. The van der Waals surface area contributed by atoms with Crippen LogP contribution in [0.3, 0.4) is 0 Å². The summed E-state index contributed by atoms with van der Waals surface area (Å²) in [5.74, 6) is 0.245. The van der Waals surface area contributed by atoms with Crippen LogP contribution in [-0.4, -0.2) is 30.3 Å². The Labute approximate surface area is 131 Å². The van der Waals surface area contributed by atoms with Crippen LogP contribution in [0.1, 0.15) is 35.0 Å². The SMILES string of the molecule is CC(Cc1cccs1)N(C)CCCC(=O)c1ccccc1. The summed E-state index contributed by atoms with van der Waals surface area (Å²) in [5.41, 5.74) is 0.826. The monoisotopic (exact) mass is 301 g/mol. The van der Waals surface area contributed by atoms with Crippen molar-refractivity contribution in [2.45, 2.75) is 32.2 Å². The van der Waals surface area contributed by atoms with E-state index in [0.717, 1.165) is 24.9 Å². The summed E-state index contributed by atoms with van der Waals surface area (Å²) in [6.45, 7) is 3.21. The van der Waals surface area contributed by atoms with Crippen LogP contribution in [0.25, 0.3) is 0 Å². The number of thiophene rings is 1. The van der Waals surface area contributed by atoms with Gasteiger partial charge in [0.15, 0.2) is 5.78 Å². The maximum absolute atomic E-state index is 12.0. The first-order valence-electron chi connectivity index (χ1n) is 7.47. The lowest BCUT2D eigenvalue weighted by Crippen LogP contribution is -2.31. The highest BCUT2D eigenvalue weighted by atomic mass is 32.1. The van der Waals surface area contributed by atoms with Gasteiger partial charge >= 0.3 is 0 Å². The number of rotatable bonds is 8. The lowest BCUT2D eigenvalue weighted by atomic mass is 10.1. The predicted octanol–water partition coefficient (Wildman–Crippen LogP) is 4.27. The highest BCUT2D eigenvalue weighted by Crippen LogP contribution is 2.14. The second-order valence-electron chi connectivity index (χ2n) is 5.51. The van der Waals surface area contributed by atoms with E-state index in [1.807, 2.05) is 41.7 Å². The largest absolute Gasteiger partial charge is 0.303 e. The Morgan fingerprint density at radius 3 is 2.62 bits per heavy atom. The van der Waals surface area contributed by atoms with Gasteiger partial charge in [0.2, 0.25) is 0 Å². The number of carbonyl (C=O) groups is 1. The third-order valence-electron chi connectivity index (χ3n) is 3.84. The van der Waals surface area contributed by atoms with Crippen molar-refractivity contribution in [2.24, 2.45) is 0 Å². The van der Waals surface area contributed by atoms with Gasteiger partial charge in [-0.15, -0.1) is 11.3 Å². The summed E-state index contributed by atoms with van der Waals surface area (Å²) in [7, 11) is 2.14. The van der Waals surface area contributed by atoms with Gasteiger partial charge in [0.05, 0.1) is 0 Å². The molecule has 1 atom stereocenters. The average Bonchev–Trinajstić information content (AvgIpc) is 3.00. The van der Waals surface area contributed by atoms with Crippen molar-refractivity contribution >= 4 is 17.1 Å². The van der Waals surface area contributed by atoms with Crippen LogP contribution in [0.5, 0.6) is 0 Å². The molecule has 0 saturated carbocycles. The molecule has 2 rings (SSSR count). The predicted molar refractivity (Wildman–Crippen MR) is 90.1 cm³/mol. The standard InChI is InChI=1S/C18H23NOS/c1-15(14-17-10-7-13-21-17)19(2)12-6-11-18(20)16-8-4-3-5-9-16/h3-5,7-10,13,15H,6,11-12,14H2,1-2H3. The molecule has 2 aromatic rings. The van der Waals surface area contributed by atoms with E-state index >= 15 is 0 Å². The average molecular weight is 301 g/mol. The molecular formula is C18H23NOS. The lowest BCUT2D eigenvalue weighted by molar-refractivity contribution is 0.0974. The fourth-order valence-corrected chi connectivity index (χ4v) is 3.18. The number of likely N-dealkylation sites (N-methyl/N-ethyl adjacent to an activating group) is 1. The molecule has 1 unspecified atom stereocenters. The molecule has 0 aliphatic carbocycles.